The van der Waals surface area contributed by atoms with Crippen LogP contribution in [0.4, 0.5) is 0 Å². The molecule has 1 radical (unpaired) electrons. The highest BCUT2D eigenvalue weighted by Gasteiger charge is 2.28. The van der Waals surface area contributed by atoms with Gasteiger partial charge in [-0.2, -0.15) is 0 Å². The molecule has 0 heterocycles. The van der Waals surface area contributed by atoms with Gasteiger partial charge in [-0.25, -0.2) is 0 Å². The summed E-state index contributed by atoms with van der Waals surface area (Å²) in [5.74, 6) is 0.344. The summed E-state index contributed by atoms with van der Waals surface area (Å²) < 4.78 is 11.7. The van der Waals surface area contributed by atoms with Gasteiger partial charge in [0.15, 0.2) is 0 Å². The van der Waals surface area contributed by atoms with Crippen molar-refractivity contribution in [3.8, 4) is 11.5 Å². The van der Waals surface area contributed by atoms with E-state index in [-0.39, 0.29) is 17.8 Å². The van der Waals surface area contributed by atoms with Crippen LogP contribution in [0.1, 0.15) is 20.3 Å². The van der Waals surface area contributed by atoms with Gasteiger partial charge in [-0.05, 0) is 25.5 Å². The second kappa shape index (κ2) is 7.98. The van der Waals surface area contributed by atoms with Crippen LogP contribution in [0.15, 0.2) is 48.5 Å². The zero-order valence-corrected chi connectivity index (χ0v) is 13.8. The van der Waals surface area contributed by atoms with Gasteiger partial charge < -0.3 is 19.4 Å². The van der Waals surface area contributed by atoms with E-state index in [1.165, 1.54) is 0 Å². The van der Waals surface area contributed by atoms with Crippen molar-refractivity contribution in [2.24, 2.45) is 0 Å². The highest BCUT2D eigenvalue weighted by molar-refractivity contribution is 6.81. The van der Waals surface area contributed by atoms with Crippen LogP contribution in [0.2, 0.25) is 0 Å². The number of para-hydroxylation sites is 2. The van der Waals surface area contributed by atoms with Gasteiger partial charge in [-0.1, -0.05) is 43.3 Å². The Morgan fingerprint density at radius 2 is 1.41 bits per heavy atom. The first kappa shape index (κ1) is 16.5. The number of hydrogen-bond donors (Lipinski definition) is 2. The summed E-state index contributed by atoms with van der Waals surface area (Å²) >= 11 is 0. The number of phenols is 2. The predicted octanol–water partition coefficient (Wildman–Crippen LogP) is 1.99. The number of rotatable bonds is 7. The maximum Gasteiger partial charge on any atom is 0.293 e. The first-order valence-corrected chi connectivity index (χ1v) is 8.80. The SMILES string of the molecule is CCOC(CC)O[Si](c1ccccc1O)c1ccccc1O. The highest BCUT2D eigenvalue weighted by atomic mass is 28.3. The molecule has 2 aromatic rings. The monoisotopic (exact) mass is 317 g/mol. The lowest BCUT2D eigenvalue weighted by Gasteiger charge is -2.24. The fourth-order valence-corrected chi connectivity index (χ4v) is 4.32. The van der Waals surface area contributed by atoms with Crippen LogP contribution < -0.4 is 10.4 Å². The predicted molar refractivity (Wildman–Crippen MR) is 88.0 cm³/mol. The van der Waals surface area contributed by atoms with E-state index < -0.39 is 9.04 Å². The minimum absolute atomic E-state index is 0.172. The molecule has 117 valence electrons. The second-order valence-corrected chi connectivity index (χ2v) is 6.75. The summed E-state index contributed by atoms with van der Waals surface area (Å²) in [5, 5.41) is 21.7. The topological polar surface area (TPSA) is 58.9 Å². The van der Waals surface area contributed by atoms with E-state index in [0.29, 0.717) is 23.4 Å². The van der Waals surface area contributed by atoms with Crippen molar-refractivity contribution in [1.29, 1.82) is 0 Å². The first-order valence-electron chi connectivity index (χ1n) is 7.39. The third kappa shape index (κ3) is 3.88. The van der Waals surface area contributed by atoms with Crippen molar-refractivity contribution in [2.75, 3.05) is 6.61 Å². The molecule has 0 aromatic heterocycles. The zero-order valence-electron chi connectivity index (χ0n) is 12.8. The summed E-state index contributed by atoms with van der Waals surface area (Å²) in [4.78, 5) is 0. The molecule has 5 heteroatoms. The quantitative estimate of drug-likeness (QED) is 0.606. The Bertz CT molecular complexity index is 557. The minimum Gasteiger partial charge on any atom is -0.508 e. The smallest absolute Gasteiger partial charge is 0.293 e. The summed E-state index contributed by atoms with van der Waals surface area (Å²) in [6, 6.07) is 14.2. The van der Waals surface area contributed by atoms with Crippen LogP contribution in [-0.2, 0) is 9.16 Å². The summed E-state index contributed by atoms with van der Waals surface area (Å²) in [6.07, 6.45) is 0.335. The van der Waals surface area contributed by atoms with E-state index in [9.17, 15) is 10.2 Å². The maximum absolute atomic E-state index is 10.2. The van der Waals surface area contributed by atoms with E-state index in [0.717, 1.165) is 0 Å². The average Bonchev–Trinajstić information content (AvgIpc) is 2.53. The fraction of sp³-hybridized carbons (Fsp3) is 0.294. The first-order chi connectivity index (χ1) is 10.7. The van der Waals surface area contributed by atoms with Crippen LogP contribution >= 0.6 is 0 Å². The molecule has 1 atom stereocenters. The molecule has 2 aromatic carbocycles. The van der Waals surface area contributed by atoms with Crippen LogP contribution in [-0.4, -0.2) is 32.2 Å². The standard InChI is InChI=1S/C17H21O4Si/c1-3-17(20-4-2)21-22(15-11-7-5-9-13(15)18)16-12-8-6-10-14(16)19/h5-12,17-19H,3-4H2,1-2H3. The van der Waals surface area contributed by atoms with Crippen molar-refractivity contribution in [3.63, 3.8) is 0 Å². The molecule has 1 unspecified atom stereocenters. The molecule has 0 bridgehead atoms. The van der Waals surface area contributed by atoms with Gasteiger partial charge in [-0.15, -0.1) is 0 Å². The van der Waals surface area contributed by atoms with Crippen LogP contribution in [0.3, 0.4) is 0 Å². The van der Waals surface area contributed by atoms with Crippen molar-refractivity contribution in [1.82, 2.24) is 0 Å². The van der Waals surface area contributed by atoms with Gasteiger partial charge in [-0.3, -0.25) is 0 Å². The molecular weight excluding hydrogens is 296 g/mol. The molecule has 0 aliphatic rings. The zero-order chi connectivity index (χ0) is 15.9. The van der Waals surface area contributed by atoms with E-state index >= 15 is 0 Å². The summed E-state index contributed by atoms with van der Waals surface area (Å²) in [6.45, 7) is 4.45. The third-order valence-corrected chi connectivity index (χ3v) is 5.56. The Morgan fingerprint density at radius 3 is 1.82 bits per heavy atom. The Balaban J connectivity index is 2.41. The normalized spacial score (nSPS) is 12.5. The van der Waals surface area contributed by atoms with Crippen molar-refractivity contribution >= 4 is 19.4 Å². The molecule has 0 saturated carbocycles. The van der Waals surface area contributed by atoms with Gasteiger partial charge >= 0.3 is 0 Å². The van der Waals surface area contributed by atoms with Gasteiger partial charge in [0.05, 0.1) is 0 Å². The Kier molecular flexibility index (Phi) is 6.00. The minimum atomic E-state index is -1.82. The van der Waals surface area contributed by atoms with Gasteiger partial charge in [0.2, 0.25) is 0 Å². The molecule has 0 spiro atoms. The van der Waals surface area contributed by atoms with Crippen molar-refractivity contribution in [3.05, 3.63) is 48.5 Å². The fourth-order valence-electron chi connectivity index (χ4n) is 2.16. The lowest BCUT2D eigenvalue weighted by Crippen LogP contribution is -2.47. The van der Waals surface area contributed by atoms with E-state index in [2.05, 4.69) is 0 Å². The molecule has 0 amide bonds. The molecule has 0 fully saturated rings. The second-order valence-electron chi connectivity index (χ2n) is 4.77. The van der Waals surface area contributed by atoms with Gasteiger partial charge in [0, 0.05) is 17.0 Å². The van der Waals surface area contributed by atoms with Gasteiger partial charge in [0.25, 0.3) is 9.04 Å². The van der Waals surface area contributed by atoms with Crippen LogP contribution in [0.25, 0.3) is 0 Å². The highest BCUT2D eigenvalue weighted by Crippen LogP contribution is 2.13. The average molecular weight is 317 g/mol. The van der Waals surface area contributed by atoms with E-state index in [1.54, 1.807) is 24.3 Å². The molecular formula is C17H21O4Si. The molecule has 4 nitrogen and oxygen atoms in total. The third-order valence-electron chi connectivity index (χ3n) is 3.23. The van der Waals surface area contributed by atoms with Crippen LogP contribution in [0.5, 0.6) is 11.5 Å². The molecule has 2 N–H and O–H groups in total. The van der Waals surface area contributed by atoms with Crippen molar-refractivity contribution in [2.45, 2.75) is 26.6 Å². The molecule has 0 aliphatic carbocycles. The summed E-state index contributed by atoms with van der Waals surface area (Å²) in [7, 11) is -1.82. The molecule has 2 rings (SSSR count). The lowest BCUT2D eigenvalue weighted by atomic mass is 10.3. The molecule has 22 heavy (non-hydrogen) atoms. The molecule has 0 aliphatic heterocycles. The number of hydrogen-bond acceptors (Lipinski definition) is 4. The van der Waals surface area contributed by atoms with E-state index in [1.807, 2.05) is 38.1 Å². The Labute approximate surface area is 132 Å². The van der Waals surface area contributed by atoms with Gasteiger partial charge in [0.1, 0.15) is 17.8 Å². The molecule has 0 saturated heterocycles. The largest absolute Gasteiger partial charge is 0.508 e. The number of benzene rings is 2. The summed E-state index contributed by atoms with van der Waals surface area (Å²) in [5.41, 5.74) is 0. The number of aromatic hydroxyl groups is 2. The van der Waals surface area contributed by atoms with E-state index in [4.69, 9.17) is 9.16 Å². The van der Waals surface area contributed by atoms with Crippen LogP contribution in [0, 0.1) is 0 Å². The number of phenolic OH excluding ortho intramolecular Hbond substituents is 2. The Morgan fingerprint density at radius 1 is 0.909 bits per heavy atom. The Hall–Kier alpha value is -1.82. The lowest BCUT2D eigenvalue weighted by molar-refractivity contribution is -0.0770. The van der Waals surface area contributed by atoms with Crippen molar-refractivity contribution < 1.29 is 19.4 Å². The number of ether oxygens (including phenoxy) is 1. The maximum atomic E-state index is 10.2.